The van der Waals surface area contributed by atoms with Crippen LogP contribution in [0.5, 0.6) is 0 Å². The first-order valence-corrected chi connectivity index (χ1v) is 7.86. The van der Waals surface area contributed by atoms with E-state index in [2.05, 4.69) is 4.98 Å². The molecule has 0 saturated carbocycles. The third-order valence-electron chi connectivity index (χ3n) is 3.11. The van der Waals surface area contributed by atoms with Crippen LogP contribution in [0.2, 0.25) is 10.0 Å². The minimum atomic E-state index is -0.0155. The van der Waals surface area contributed by atoms with Gasteiger partial charge in [-0.2, -0.15) is 0 Å². The van der Waals surface area contributed by atoms with E-state index < -0.39 is 0 Å². The van der Waals surface area contributed by atoms with Gasteiger partial charge >= 0.3 is 0 Å². The van der Waals surface area contributed by atoms with Crippen molar-refractivity contribution in [3.63, 3.8) is 0 Å². The van der Waals surface area contributed by atoms with E-state index >= 15 is 0 Å². The average Bonchev–Trinajstić information content (AvgIpc) is 2.93. The minimum absolute atomic E-state index is 0.0155. The molecule has 0 saturated heterocycles. The number of rotatable bonds is 4. The van der Waals surface area contributed by atoms with Crippen molar-refractivity contribution in [3.05, 3.63) is 57.3 Å². The summed E-state index contributed by atoms with van der Waals surface area (Å²) in [6.45, 7) is 0. The molecular weight excluding hydrogens is 313 g/mol. The van der Waals surface area contributed by atoms with Crippen LogP contribution in [0, 0.1) is 0 Å². The van der Waals surface area contributed by atoms with Crippen molar-refractivity contribution in [2.24, 2.45) is 5.73 Å². The maximum Gasteiger partial charge on any atom is 0.193 e. The number of hydrogen-bond donors (Lipinski definition) is 1. The average molecular weight is 326 g/mol. The predicted molar refractivity (Wildman–Crippen MR) is 84.9 cm³/mol. The zero-order chi connectivity index (χ0) is 14.1. The van der Waals surface area contributed by atoms with Gasteiger partial charge in [0.1, 0.15) is 0 Å². The summed E-state index contributed by atoms with van der Waals surface area (Å²) in [6.07, 6.45) is 5.46. The SMILES string of the molecule is NC(Cc1cn2ccsc2n1)Cc1ccc(Cl)cc1Cl. The summed E-state index contributed by atoms with van der Waals surface area (Å²) in [5, 5.41) is 3.32. The van der Waals surface area contributed by atoms with Gasteiger partial charge in [-0.05, 0) is 24.1 Å². The molecule has 3 rings (SSSR count). The molecule has 2 N–H and O–H groups in total. The lowest BCUT2D eigenvalue weighted by Gasteiger charge is -2.11. The van der Waals surface area contributed by atoms with E-state index in [9.17, 15) is 0 Å². The number of halogens is 2. The smallest absolute Gasteiger partial charge is 0.193 e. The van der Waals surface area contributed by atoms with Crippen LogP contribution in [-0.2, 0) is 12.8 Å². The van der Waals surface area contributed by atoms with Crippen LogP contribution >= 0.6 is 34.5 Å². The molecule has 1 aromatic carbocycles. The summed E-state index contributed by atoms with van der Waals surface area (Å²) in [5.41, 5.74) is 8.22. The quantitative estimate of drug-likeness (QED) is 0.792. The number of fused-ring (bicyclic) bond motifs is 1. The van der Waals surface area contributed by atoms with E-state index in [0.29, 0.717) is 16.5 Å². The van der Waals surface area contributed by atoms with Crippen molar-refractivity contribution in [2.45, 2.75) is 18.9 Å². The first kappa shape index (κ1) is 13.9. The maximum absolute atomic E-state index is 6.20. The Balaban J connectivity index is 1.70. The van der Waals surface area contributed by atoms with E-state index in [1.165, 1.54) is 0 Å². The molecule has 2 heterocycles. The second-order valence-electron chi connectivity index (χ2n) is 4.73. The molecule has 0 amide bonds. The summed E-state index contributed by atoms with van der Waals surface area (Å²) >= 11 is 13.7. The van der Waals surface area contributed by atoms with E-state index in [1.807, 2.05) is 34.3 Å². The van der Waals surface area contributed by atoms with Gasteiger partial charge < -0.3 is 5.73 Å². The van der Waals surface area contributed by atoms with Gasteiger partial charge in [0.05, 0.1) is 5.69 Å². The van der Waals surface area contributed by atoms with Gasteiger partial charge in [0.15, 0.2) is 4.96 Å². The molecule has 0 bridgehead atoms. The third kappa shape index (κ3) is 2.99. The molecule has 0 spiro atoms. The van der Waals surface area contributed by atoms with Crippen LogP contribution in [0.25, 0.3) is 4.96 Å². The van der Waals surface area contributed by atoms with Crippen molar-refractivity contribution >= 4 is 39.5 Å². The summed E-state index contributed by atoms with van der Waals surface area (Å²) in [5.74, 6) is 0. The van der Waals surface area contributed by atoms with Gasteiger partial charge in [-0.25, -0.2) is 4.98 Å². The highest BCUT2D eigenvalue weighted by Gasteiger charge is 2.11. The second-order valence-corrected chi connectivity index (χ2v) is 6.45. The van der Waals surface area contributed by atoms with Gasteiger partial charge in [-0.3, -0.25) is 4.40 Å². The van der Waals surface area contributed by atoms with Crippen LogP contribution in [-0.4, -0.2) is 15.4 Å². The van der Waals surface area contributed by atoms with Crippen LogP contribution in [0.15, 0.2) is 36.0 Å². The lowest BCUT2D eigenvalue weighted by molar-refractivity contribution is 0.656. The molecule has 104 valence electrons. The lowest BCUT2D eigenvalue weighted by Crippen LogP contribution is -2.25. The minimum Gasteiger partial charge on any atom is -0.327 e. The van der Waals surface area contributed by atoms with Gasteiger partial charge in [-0.15, -0.1) is 11.3 Å². The fraction of sp³-hybridized carbons (Fsp3) is 0.214. The number of aromatic nitrogens is 2. The van der Waals surface area contributed by atoms with Crippen molar-refractivity contribution in [2.75, 3.05) is 0 Å². The molecule has 1 unspecified atom stereocenters. The molecule has 20 heavy (non-hydrogen) atoms. The largest absolute Gasteiger partial charge is 0.327 e. The zero-order valence-electron chi connectivity index (χ0n) is 10.6. The Bertz CT molecular complexity index is 706. The molecule has 3 aromatic rings. The predicted octanol–water partition coefficient (Wildman–Crippen LogP) is 3.82. The normalized spacial score (nSPS) is 12.9. The fourth-order valence-corrected chi connectivity index (χ4v) is 3.39. The van der Waals surface area contributed by atoms with Crippen LogP contribution in [0.3, 0.4) is 0 Å². The van der Waals surface area contributed by atoms with E-state index in [1.54, 1.807) is 17.4 Å². The maximum atomic E-state index is 6.20. The van der Waals surface area contributed by atoms with Crippen LogP contribution in [0.4, 0.5) is 0 Å². The molecule has 0 aliphatic carbocycles. The topological polar surface area (TPSA) is 43.3 Å². The number of imidazole rings is 1. The van der Waals surface area contributed by atoms with E-state index in [0.717, 1.165) is 22.6 Å². The Morgan fingerprint density at radius 2 is 2.15 bits per heavy atom. The highest BCUT2D eigenvalue weighted by atomic mass is 35.5. The Morgan fingerprint density at radius 1 is 1.30 bits per heavy atom. The molecule has 2 aromatic heterocycles. The number of nitrogens with two attached hydrogens (primary N) is 1. The highest BCUT2D eigenvalue weighted by Crippen LogP contribution is 2.22. The summed E-state index contributed by atoms with van der Waals surface area (Å²) in [4.78, 5) is 5.54. The van der Waals surface area contributed by atoms with Crippen molar-refractivity contribution in [1.82, 2.24) is 9.38 Å². The summed E-state index contributed by atoms with van der Waals surface area (Å²) in [6, 6.07) is 5.49. The van der Waals surface area contributed by atoms with Gasteiger partial charge in [0, 0.05) is 40.3 Å². The summed E-state index contributed by atoms with van der Waals surface area (Å²) < 4.78 is 2.02. The molecule has 0 aliphatic rings. The number of benzene rings is 1. The molecule has 0 radical (unpaired) electrons. The Morgan fingerprint density at radius 3 is 2.90 bits per heavy atom. The first-order chi connectivity index (χ1) is 9.61. The monoisotopic (exact) mass is 325 g/mol. The molecule has 6 heteroatoms. The van der Waals surface area contributed by atoms with Crippen molar-refractivity contribution in [3.8, 4) is 0 Å². The van der Waals surface area contributed by atoms with Gasteiger partial charge in [0.2, 0.25) is 0 Å². The van der Waals surface area contributed by atoms with Crippen LogP contribution < -0.4 is 5.73 Å². The van der Waals surface area contributed by atoms with Crippen molar-refractivity contribution in [1.29, 1.82) is 0 Å². The Kier molecular flexibility index (Phi) is 3.98. The second kappa shape index (κ2) is 5.74. The molecule has 0 fully saturated rings. The summed E-state index contributed by atoms with van der Waals surface area (Å²) in [7, 11) is 0. The number of hydrogen-bond acceptors (Lipinski definition) is 3. The Labute approximate surface area is 131 Å². The van der Waals surface area contributed by atoms with Gasteiger partial charge in [-0.1, -0.05) is 29.3 Å². The zero-order valence-corrected chi connectivity index (χ0v) is 12.9. The van der Waals surface area contributed by atoms with E-state index in [-0.39, 0.29) is 6.04 Å². The molecular formula is C14H13Cl2N3S. The molecule has 1 atom stereocenters. The fourth-order valence-electron chi connectivity index (χ4n) is 2.18. The molecule has 3 nitrogen and oxygen atoms in total. The highest BCUT2D eigenvalue weighted by molar-refractivity contribution is 7.15. The third-order valence-corrected chi connectivity index (χ3v) is 4.47. The number of thiazole rings is 1. The first-order valence-electron chi connectivity index (χ1n) is 6.22. The Hall–Kier alpha value is -1.07. The lowest BCUT2D eigenvalue weighted by atomic mass is 10.0. The standard InChI is InChI=1S/C14H13Cl2N3S/c15-10-2-1-9(13(16)6-10)5-11(17)7-12-8-19-3-4-20-14(19)18-12/h1-4,6,8,11H,5,7,17H2. The van der Waals surface area contributed by atoms with E-state index in [4.69, 9.17) is 28.9 Å². The van der Waals surface area contributed by atoms with Crippen molar-refractivity contribution < 1.29 is 0 Å². The number of nitrogens with zero attached hydrogens (tertiary/aromatic N) is 2. The molecule has 0 aliphatic heterocycles. The van der Waals surface area contributed by atoms with Gasteiger partial charge in [0.25, 0.3) is 0 Å². The van der Waals surface area contributed by atoms with Crippen LogP contribution in [0.1, 0.15) is 11.3 Å².